The van der Waals surface area contributed by atoms with Crippen LogP contribution >= 0.6 is 0 Å². The Balaban J connectivity index is 2.66. The molecule has 2 atom stereocenters. The van der Waals surface area contributed by atoms with E-state index in [1.54, 1.807) is 19.3 Å². The third-order valence-corrected chi connectivity index (χ3v) is 3.83. The summed E-state index contributed by atoms with van der Waals surface area (Å²) in [5.74, 6) is 1.23. The van der Waals surface area contributed by atoms with Crippen LogP contribution in [0.2, 0.25) is 0 Å². The molecule has 1 aliphatic rings. The van der Waals surface area contributed by atoms with Crippen molar-refractivity contribution in [2.45, 2.75) is 39.2 Å². The third kappa shape index (κ3) is 4.68. The van der Waals surface area contributed by atoms with Crippen LogP contribution in [-0.2, 0) is 9.53 Å². The van der Waals surface area contributed by atoms with E-state index in [-0.39, 0.29) is 11.9 Å². The lowest BCUT2D eigenvalue weighted by molar-refractivity contribution is -0.130. The van der Waals surface area contributed by atoms with Crippen LogP contribution in [0.5, 0.6) is 0 Å². The van der Waals surface area contributed by atoms with Crippen molar-refractivity contribution in [1.82, 2.24) is 4.90 Å². The fourth-order valence-electron chi connectivity index (χ4n) is 2.62. The van der Waals surface area contributed by atoms with Gasteiger partial charge in [0.15, 0.2) is 0 Å². The SMILES string of the molecule is COC/C=C/C(=O)N1CC[C@H](C(C)C)C[C@H]1CC#N. The lowest BCUT2D eigenvalue weighted by Crippen LogP contribution is -2.46. The highest BCUT2D eigenvalue weighted by Crippen LogP contribution is 2.30. The van der Waals surface area contributed by atoms with E-state index < -0.39 is 0 Å². The van der Waals surface area contributed by atoms with Crippen molar-refractivity contribution in [2.24, 2.45) is 11.8 Å². The molecule has 0 aromatic rings. The van der Waals surface area contributed by atoms with E-state index in [2.05, 4.69) is 19.9 Å². The van der Waals surface area contributed by atoms with Gasteiger partial charge in [-0.2, -0.15) is 5.26 Å². The quantitative estimate of drug-likeness (QED) is 0.716. The predicted molar refractivity (Wildman–Crippen MR) is 74.3 cm³/mol. The number of carbonyl (C=O) groups is 1. The first-order chi connectivity index (χ1) is 9.10. The Kier molecular flexibility index (Phi) is 6.58. The molecule has 1 amide bonds. The van der Waals surface area contributed by atoms with Crippen molar-refractivity contribution in [2.75, 3.05) is 20.3 Å². The Hall–Kier alpha value is -1.34. The zero-order valence-electron chi connectivity index (χ0n) is 12.1. The maximum atomic E-state index is 12.1. The van der Waals surface area contributed by atoms with E-state index in [9.17, 15) is 4.79 Å². The molecular formula is C15H24N2O2. The first-order valence-electron chi connectivity index (χ1n) is 6.93. The standard InChI is InChI=1S/C15H24N2O2/c1-12(2)13-7-9-17(14(11-13)6-8-16)15(18)5-4-10-19-3/h4-5,12-14H,6-7,9-11H2,1-3H3/b5-4+/t13-,14+/m0/s1. The molecule has 19 heavy (non-hydrogen) atoms. The highest BCUT2D eigenvalue weighted by molar-refractivity contribution is 5.87. The van der Waals surface area contributed by atoms with E-state index >= 15 is 0 Å². The molecule has 1 heterocycles. The lowest BCUT2D eigenvalue weighted by atomic mass is 9.82. The van der Waals surface area contributed by atoms with Crippen molar-refractivity contribution < 1.29 is 9.53 Å². The summed E-state index contributed by atoms with van der Waals surface area (Å²) in [5, 5.41) is 8.93. The number of rotatable bonds is 5. The van der Waals surface area contributed by atoms with Gasteiger partial charge in [0, 0.05) is 25.8 Å². The van der Waals surface area contributed by atoms with Gasteiger partial charge in [0.1, 0.15) is 0 Å². The maximum Gasteiger partial charge on any atom is 0.246 e. The van der Waals surface area contributed by atoms with Crippen molar-refractivity contribution >= 4 is 5.91 Å². The molecule has 106 valence electrons. The topological polar surface area (TPSA) is 53.3 Å². The molecule has 0 aliphatic carbocycles. The second kappa shape index (κ2) is 7.96. The number of amides is 1. The van der Waals surface area contributed by atoms with Crippen LogP contribution in [-0.4, -0.2) is 37.1 Å². The summed E-state index contributed by atoms with van der Waals surface area (Å²) in [4.78, 5) is 14.0. The number of carbonyl (C=O) groups excluding carboxylic acids is 1. The normalized spacial score (nSPS) is 23.8. The van der Waals surface area contributed by atoms with Crippen LogP contribution < -0.4 is 0 Å². The second-order valence-corrected chi connectivity index (χ2v) is 5.43. The van der Waals surface area contributed by atoms with Gasteiger partial charge in [-0.3, -0.25) is 4.79 Å². The summed E-state index contributed by atoms with van der Waals surface area (Å²) in [5.41, 5.74) is 0. The van der Waals surface area contributed by atoms with Crippen molar-refractivity contribution in [3.05, 3.63) is 12.2 Å². The van der Waals surface area contributed by atoms with E-state index in [0.717, 1.165) is 19.4 Å². The fraction of sp³-hybridized carbons (Fsp3) is 0.733. The summed E-state index contributed by atoms with van der Waals surface area (Å²) >= 11 is 0. The summed E-state index contributed by atoms with van der Waals surface area (Å²) in [6, 6.07) is 2.27. The minimum atomic E-state index is -0.000457. The van der Waals surface area contributed by atoms with Gasteiger partial charge in [0.2, 0.25) is 5.91 Å². The highest BCUT2D eigenvalue weighted by Gasteiger charge is 2.31. The molecule has 1 aliphatic heterocycles. The van der Waals surface area contributed by atoms with Crippen molar-refractivity contribution in [1.29, 1.82) is 5.26 Å². The summed E-state index contributed by atoms with van der Waals surface area (Å²) in [7, 11) is 1.60. The number of hydrogen-bond donors (Lipinski definition) is 0. The number of nitrogens with zero attached hydrogens (tertiary/aromatic N) is 2. The highest BCUT2D eigenvalue weighted by atomic mass is 16.5. The molecule has 0 spiro atoms. The van der Waals surface area contributed by atoms with E-state index in [0.29, 0.717) is 24.9 Å². The number of nitriles is 1. The molecule has 1 fully saturated rings. The van der Waals surface area contributed by atoms with Gasteiger partial charge in [-0.15, -0.1) is 0 Å². The van der Waals surface area contributed by atoms with E-state index in [1.807, 2.05) is 4.90 Å². The Labute approximate surface area is 116 Å². The molecule has 1 saturated heterocycles. The largest absolute Gasteiger partial charge is 0.381 e. The molecule has 0 aromatic heterocycles. The average molecular weight is 264 g/mol. The molecule has 4 nitrogen and oxygen atoms in total. The number of ether oxygens (including phenoxy) is 1. The van der Waals surface area contributed by atoms with Gasteiger partial charge in [-0.05, 0) is 24.7 Å². The Morgan fingerprint density at radius 2 is 2.32 bits per heavy atom. The number of hydrogen-bond acceptors (Lipinski definition) is 3. The van der Waals surface area contributed by atoms with Gasteiger partial charge in [0.25, 0.3) is 0 Å². The van der Waals surface area contributed by atoms with Gasteiger partial charge < -0.3 is 9.64 Å². The second-order valence-electron chi connectivity index (χ2n) is 5.43. The fourth-order valence-corrected chi connectivity index (χ4v) is 2.62. The maximum absolute atomic E-state index is 12.1. The number of likely N-dealkylation sites (tertiary alicyclic amines) is 1. The molecule has 0 N–H and O–H groups in total. The summed E-state index contributed by atoms with van der Waals surface area (Å²) < 4.78 is 4.89. The van der Waals surface area contributed by atoms with E-state index in [4.69, 9.17) is 10.00 Å². The summed E-state index contributed by atoms with van der Waals surface area (Å²) in [6.07, 6.45) is 5.68. The molecule has 0 radical (unpaired) electrons. The van der Waals surface area contributed by atoms with Crippen molar-refractivity contribution in [3.63, 3.8) is 0 Å². The minimum absolute atomic E-state index is 0.000457. The Morgan fingerprint density at radius 1 is 1.58 bits per heavy atom. The zero-order valence-corrected chi connectivity index (χ0v) is 12.1. The van der Waals surface area contributed by atoms with E-state index in [1.165, 1.54) is 0 Å². The van der Waals surface area contributed by atoms with Crippen LogP contribution in [0.1, 0.15) is 33.1 Å². The smallest absolute Gasteiger partial charge is 0.246 e. The first kappa shape index (κ1) is 15.7. The average Bonchev–Trinajstić information content (AvgIpc) is 2.39. The molecule has 0 saturated carbocycles. The monoisotopic (exact) mass is 264 g/mol. The molecule has 4 heteroatoms. The van der Waals surface area contributed by atoms with Gasteiger partial charge >= 0.3 is 0 Å². The molecule has 0 unspecified atom stereocenters. The number of piperidine rings is 1. The third-order valence-electron chi connectivity index (χ3n) is 3.83. The molecule has 1 rings (SSSR count). The number of methoxy groups -OCH3 is 1. The van der Waals surface area contributed by atoms with Crippen LogP contribution in [0, 0.1) is 23.2 Å². The summed E-state index contributed by atoms with van der Waals surface area (Å²) in [6.45, 7) is 5.62. The predicted octanol–water partition coefficient (Wildman–Crippen LogP) is 2.37. The Morgan fingerprint density at radius 3 is 2.89 bits per heavy atom. The zero-order chi connectivity index (χ0) is 14.3. The Bertz CT molecular complexity index is 358. The molecule has 0 bridgehead atoms. The van der Waals surface area contributed by atoms with Crippen LogP contribution in [0.4, 0.5) is 0 Å². The van der Waals surface area contributed by atoms with Crippen LogP contribution in [0.25, 0.3) is 0 Å². The van der Waals surface area contributed by atoms with Crippen LogP contribution in [0.15, 0.2) is 12.2 Å². The minimum Gasteiger partial charge on any atom is -0.381 e. The molecule has 0 aromatic carbocycles. The molecular weight excluding hydrogens is 240 g/mol. The van der Waals surface area contributed by atoms with Crippen molar-refractivity contribution in [3.8, 4) is 6.07 Å². The van der Waals surface area contributed by atoms with Gasteiger partial charge in [-0.25, -0.2) is 0 Å². The lowest BCUT2D eigenvalue weighted by Gasteiger charge is -2.39. The van der Waals surface area contributed by atoms with Crippen LogP contribution in [0.3, 0.4) is 0 Å². The van der Waals surface area contributed by atoms with Gasteiger partial charge in [-0.1, -0.05) is 19.9 Å². The first-order valence-corrected chi connectivity index (χ1v) is 6.93. The van der Waals surface area contributed by atoms with Gasteiger partial charge in [0.05, 0.1) is 19.1 Å².